The van der Waals surface area contributed by atoms with E-state index in [4.69, 9.17) is 5.73 Å². The number of nitrogens with one attached hydrogen (secondary N) is 1. The molecule has 19 heavy (non-hydrogen) atoms. The van der Waals surface area contributed by atoms with Crippen molar-refractivity contribution in [1.29, 1.82) is 0 Å². The topological polar surface area (TPSA) is 72.2 Å². The van der Waals surface area contributed by atoms with Gasteiger partial charge in [-0.2, -0.15) is 0 Å². The number of nitrogens with two attached hydrogens (primary N) is 1. The average Bonchev–Trinajstić information content (AvgIpc) is 2.31. The molecule has 0 saturated heterocycles. The molecule has 0 spiro atoms. The molecule has 4 nitrogen and oxygen atoms in total. The highest BCUT2D eigenvalue weighted by Crippen LogP contribution is 2.24. The number of rotatable bonds is 3. The van der Waals surface area contributed by atoms with Crippen LogP contribution in [0.3, 0.4) is 0 Å². The largest absolute Gasteiger partial charge is 0.397 e. The smallest absolute Gasteiger partial charge is 0.264 e. The molecule has 0 aromatic heterocycles. The lowest BCUT2D eigenvalue weighted by Crippen LogP contribution is -2.15. The Bertz CT molecular complexity index is 719. The zero-order chi connectivity index (χ0) is 14.0. The first-order valence-corrected chi connectivity index (χ1v) is 7.50. The standard InChI is InChI=1S/C12H10BrFN2O2S/c13-8-5-6-12(9(14)7-8)19(17,18)16-11-4-2-1-3-10(11)15/h1-7,16H,15H2. The molecule has 0 radical (unpaired) electrons. The maximum absolute atomic E-state index is 13.7. The van der Waals surface area contributed by atoms with E-state index >= 15 is 0 Å². The van der Waals surface area contributed by atoms with Crippen LogP contribution in [-0.4, -0.2) is 8.42 Å². The van der Waals surface area contributed by atoms with Gasteiger partial charge in [-0.1, -0.05) is 28.1 Å². The number of para-hydroxylation sites is 2. The second-order valence-electron chi connectivity index (χ2n) is 3.77. The van der Waals surface area contributed by atoms with Crippen LogP contribution in [0.5, 0.6) is 0 Å². The van der Waals surface area contributed by atoms with Crippen LogP contribution in [0.15, 0.2) is 51.8 Å². The van der Waals surface area contributed by atoms with Crippen molar-refractivity contribution in [3.63, 3.8) is 0 Å². The minimum absolute atomic E-state index is 0.213. The Morgan fingerprint density at radius 1 is 1.16 bits per heavy atom. The third kappa shape index (κ3) is 3.05. The average molecular weight is 345 g/mol. The summed E-state index contributed by atoms with van der Waals surface area (Å²) in [5.74, 6) is -0.837. The van der Waals surface area contributed by atoms with E-state index in [9.17, 15) is 12.8 Å². The third-order valence-corrected chi connectivity index (χ3v) is 4.28. The van der Waals surface area contributed by atoms with Crippen molar-refractivity contribution in [2.75, 3.05) is 10.5 Å². The van der Waals surface area contributed by atoms with E-state index in [0.29, 0.717) is 4.47 Å². The van der Waals surface area contributed by atoms with E-state index in [1.165, 1.54) is 18.2 Å². The predicted octanol–water partition coefficient (Wildman–Crippen LogP) is 2.97. The van der Waals surface area contributed by atoms with Crippen LogP contribution in [0.25, 0.3) is 0 Å². The molecule has 0 heterocycles. The third-order valence-electron chi connectivity index (χ3n) is 2.39. The SMILES string of the molecule is Nc1ccccc1NS(=O)(=O)c1ccc(Br)cc1F. The van der Waals surface area contributed by atoms with Gasteiger partial charge in [0.15, 0.2) is 0 Å². The first-order valence-electron chi connectivity index (χ1n) is 5.22. The fraction of sp³-hybridized carbons (Fsp3) is 0. The second kappa shape index (κ2) is 5.18. The molecule has 0 aliphatic heterocycles. The maximum Gasteiger partial charge on any atom is 0.264 e. The molecule has 3 N–H and O–H groups in total. The quantitative estimate of drug-likeness (QED) is 0.840. The molecule has 0 bridgehead atoms. The van der Waals surface area contributed by atoms with Crippen LogP contribution in [0, 0.1) is 5.82 Å². The Balaban J connectivity index is 2.41. The van der Waals surface area contributed by atoms with E-state index in [1.54, 1.807) is 18.2 Å². The van der Waals surface area contributed by atoms with Crippen molar-refractivity contribution in [1.82, 2.24) is 0 Å². The van der Waals surface area contributed by atoms with Crippen molar-refractivity contribution in [2.24, 2.45) is 0 Å². The molecule has 0 aliphatic rings. The summed E-state index contributed by atoms with van der Waals surface area (Å²) in [7, 11) is -4.01. The molecule has 2 aromatic carbocycles. The summed E-state index contributed by atoms with van der Waals surface area (Å²) in [6, 6.07) is 10.1. The highest BCUT2D eigenvalue weighted by atomic mass is 79.9. The van der Waals surface area contributed by atoms with E-state index in [0.717, 1.165) is 6.07 Å². The number of sulfonamides is 1. The fourth-order valence-electron chi connectivity index (χ4n) is 1.48. The van der Waals surface area contributed by atoms with Crippen LogP contribution < -0.4 is 10.5 Å². The normalized spacial score (nSPS) is 11.3. The lowest BCUT2D eigenvalue weighted by atomic mass is 10.3. The molecule has 0 unspecified atom stereocenters. The summed E-state index contributed by atoms with van der Waals surface area (Å²) >= 11 is 3.07. The molecule has 0 amide bonds. The lowest BCUT2D eigenvalue weighted by Gasteiger charge is -2.10. The Labute approximate surface area is 118 Å². The maximum atomic E-state index is 13.7. The summed E-state index contributed by atoms with van der Waals surface area (Å²) in [6.07, 6.45) is 0. The van der Waals surface area contributed by atoms with Crippen LogP contribution >= 0.6 is 15.9 Å². The molecule has 7 heteroatoms. The van der Waals surface area contributed by atoms with Gasteiger partial charge in [0.25, 0.3) is 10.0 Å². The molecule has 0 fully saturated rings. The van der Waals surface area contributed by atoms with Gasteiger partial charge in [0.2, 0.25) is 0 Å². The van der Waals surface area contributed by atoms with E-state index < -0.39 is 20.7 Å². The molecule has 0 atom stereocenters. The van der Waals surface area contributed by atoms with Crippen molar-refractivity contribution < 1.29 is 12.8 Å². The summed E-state index contributed by atoms with van der Waals surface area (Å²) in [5.41, 5.74) is 6.12. The van der Waals surface area contributed by atoms with Gasteiger partial charge in [0, 0.05) is 4.47 Å². The van der Waals surface area contributed by atoms with Gasteiger partial charge in [0.1, 0.15) is 10.7 Å². The minimum atomic E-state index is -4.01. The monoisotopic (exact) mass is 344 g/mol. The molecule has 2 aromatic rings. The Kier molecular flexibility index (Phi) is 3.77. The zero-order valence-electron chi connectivity index (χ0n) is 9.60. The number of benzene rings is 2. The first kappa shape index (κ1) is 13.8. The number of hydrogen-bond acceptors (Lipinski definition) is 3. The Hall–Kier alpha value is -1.60. The van der Waals surface area contributed by atoms with Gasteiger partial charge in [-0.15, -0.1) is 0 Å². The molecule has 100 valence electrons. The van der Waals surface area contributed by atoms with Crippen LogP contribution in [-0.2, 0) is 10.0 Å². The minimum Gasteiger partial charge on any atom is -0.397 e. The molecular weight excluding hydrogens is 335 g/mol. The van der Waals surface area contributed by atoms with E-state index in [1.807, 2.05) is 0 Å². The number of hydrogen-bond donors (Lipinski definition) is 2. The van der Waals surface area contributed by atoms with E-state index in [2.05, 4.69) is 20.7 Å². The summed E-state index contributed by atoms with van der Waals surface area (Å²) in [4.78, 5) is -0.432. The van der Waals surface area contributed by atoms with Crippen LogP contribution in [0.2, 0.25) is 0 Å². The van der Waals surface area contributed by atoms with Gasteiger partial charge in [-0.25, -0.2) is 12.8 Å². The van der Waals surface area contributed by atoms with Gasteiger partial charge in [0.05, 0.1) is 11.4 Å². The number of nitrogen functional groups attached to an aromatic ring is 1. The number of anilines is 2. The zero-order valence-corrected chi connectivity index (χ0v) is 12.0. The van der Waals surface area contributed by atoms with Crippen molar-refractivity contribution in [3.05, 3.63) is 52.8 Å². The van der Waals surface area contributed by atoms with Gasteiger partial charge < -0.3 is 5.73 Å². The van der Waals surface area contributed by atoms with Crippen molar-refractivity contribution in [3.8, 4) is 0 Å². The fourth-order valence-corrected chi connectivity index (χ4v) is 2.96. The Morgan fingerprint density at radius 3 is 2.47 bits per heavy atom. The summed E-state index contributed by atoms with van der Waals surface area (Å²) in [5, 5.41) is 0. The van der Waals surface area contributed by atoms with Crippen molar-refractivity contribution >= 4 is 37.3 Å². The summed E-state index contributed by atoms with van der Waals surface area (Å²) < 4.78 is 40.5. The van der Waals surface area contributed by atoms with Gasteiger partial charge >= 0.3 is 0 Å². The van der Waals surface area contributed by atoms with Gasteiger partial charge in [-0.3, -0.25) is 4.72 Å². The number of halogens is 2. The summed E-state index contributed by atoms with van der Waals surface area (Å²) in [6.45, 7) is 0. The van der Waals surface area contributed by atoms with E-state index in [-0.39, 0.29) is 11.4 Å². The molecular formula is C12H10BrFN2O2S. The lowest BCUT2D eigenvalue weighted by molar-refractivity contribution is 0.570. The molecule has 0 saturated carbocycles. The Morgan fingerprint density at radius 2 is 1.84 bits per heavy atom. The van der Waals surface area contributed by atoms with Crippen molar-refractivity contribution in [2.45, 2.75) is 4.90 Å². The highest BCUT2D eigenvalue weighted by Gasteiger charge is 2.19. The van der Waals surface area contributed by atoms with Crippen LogP contribution in [0.1, 0.15) is 0 Å². The van der Waals surface area contributed by atoms with Gasteiger partial charge in [-0.05, 0) is 30.3 Å². The second-order valence-corrected chi connectivity index (χ2v) is 6.33. The molecule has 2 rings (SSSR count). The predicted molar refractivity (Wildman–Crippen MR) is 75.8 cm³/mol. The first-order chi connectivity index (χ1) is 8.90. The highest BCUT2D eigenvalue weighted by molar-refractivity contribution is 9.10. The molecule has 0 aliphatic carbocycles. The van der Waals surface area contributed by atoms with Crippen LogP contribution in [0.4, 0.5) is 15.8 Å².